The van der Waals surface area contributed by atoms with Gasteiger partial charge in [-0.2, -0.15) is 0 Å². The molecule has 0 aliphatic carbocycles. The Morgan fingerprint density at radius 1 is 1.19 bits per heavy atom. The first-order valence-corrected chi connectivity index (χ1v) is 5.94. The van der Waals surface area contributed by atoms with Gasteiger partial charge in [-0.05, 0) is 13.5 Å². The van der Waals surface area contributed by atoms with Crippen molar-refractivity contribution in [3.63, 3.8) is 0 Å². The van der Waals surface area contributed by atoms with Crippen molar-refractivity contribution in [3.8, 4) is 0 Å². The van der Waals surface area contributed by atoms with Crippen LogP contribution in [-0.2, 0) is 9.59 Å². The summed E-state index contributed by atoms with van der Waals surface area (Å²) in [6, 6.07) is -0.189. The molecule has 0 aromatic carbocycles. The van der Waals surface area contributed by atoms with Crippen molar-refractivity contribution in [1.82, 2.24) is 5.32 Å². The van der Waals surface area contributed by atoms with E-state index in [0.717, 1.165) is 0 Å². The molecule has 0 amide bonds. The summed E-state index contributed by atoms with van der Waals surface area (Å²) in [5, 5.41) is 2.99. The number of carbonyl (C=O) groups excluding carboxylic acids is 2. The summed E-state index contributed by atoms with van der Waals surface area (Å²) in [6.07, 6.45) is 1.07. The van der Waals surface area contributed by atoms with Crippen LogP contribution in [0.5, 0.6) is 0 Å². The molecule has 3 heteroatoms. The van der Waals surface area contributed by atoms with Crippen LogP contribution in [0.2, 0.25) is 0 Å². The standard InChI is InChI=1S/C13H25NO2/c1-9(2)12(16)10(14-6)7-8-11(15)13(3,4)5/h9-10,14H,7-8H2,1-6H3. The highest BCUT2D eigenvalue weighted by molar-refractivity contribution is 5.87. The van der Waals surface area contributed by atoms with E-state index >= 15 is 0 Å². The molecular weight excluding hydrogens is 202 g/mol. The van der Waals surface area contributed by atoms with Crippen LogP contribution >= 0.6 is 0 Å². The first kappa shape index (κ1) is 15.3. The van der Waals surface area contributed by atoms with Crippen LogP contribution in [0.25, 0.3) is 0 Å². The van der Waals surface area contributed by atoms with Crippen LogP contribution in [0.3, 0.4) is 0 Å². The molecule has 16 heavy (non-hydrogen) atoms. The summed E-state index contributed by atoms with van der Waals surface area (Å²) < 4.78 is 0. The monoisotopic (exact) mass is 227 g/mol. The lowest BCUT2D eigenvalue weighted by atomic mass is 9.86. The second-order valence-electron chi connectivity index (χ2n) is 5.61. The lowest BCUT2D eigenvalue weighted by Crippen LogP contribution is -2.37. The zero-order valence-electron chi connectivity index (χ0n) is 11.4. The quantitative estimate of drug-likeness (QED) is 0.756. The maximum atomic E-state index is 11.8. The van der Waals surface area contributed by atoms with E-state index < -0.39 is 0 Å². The van der Waals surface area contributed by atoms with Crippen LogP contribution in [0, 0.1) is 11.3 Å². The number of rotatable bonds is 6. The van der Waals surface area contributed by atoms with Gasteiger partial charge in [-0.1, -0.05) is 34.6 Å². The van der Waals surface area contributed by atoms with Gasteiger partial charge >= 0.3 is 0 Å². The first-order valence-electron chi connectivity index (χ1n) is 5.94. The van der Waals surface area contributed by atoms with Crippen molar-refractivity contribution in [1.29, 1.82) is 0 Å². The minimum Gasteiger partial charge on any atom is -0.311 e. The van der Waals surface area contributed by atoms with Gasteiger partial charge in [-0.3, -0.25) is 9.59 Å². The molecule has 1 unspecified atom stereocenters. The Hall–Kier alpha value is -0.700. The third-order valence-electron chi connectivity index (χ3n) is 2.76. The lowest BCUT2D eigenvalue weighted by molar-refractivity contribution is -0.127. The SMILES string of the molecule is CNC(CCC(=O)C(C)(C)C)C(=O)C(C)C. The summed E-state index contributed by atoms with van der Waals surface area (Å²) in [6.45, 7) is 9.51. The molecule has 94 valence electrons. The molecule has 0 rings (SSSR count). The highest BCUT2D eigenvalue weighted by atomic mass is 16.1. The van der Waals surface area contributed by atoms with Crippen LogP contribution < -0.4 is 5.32 Å². The molecule has 0 spiro atoms. The molecule has 3 nitrogen and oxygen atoms in total. The number of hydrogen-bond acceptors (Lipinski definition) is 3. The second-order valence-corrected chi connectivity index (χ2v) is 5.61. The molecule has 1 atom stereocenters. The maximum Gasteiger partial charge on any atom is 0.152 e. The fourth-order valence-electron chi connectivity index (χ4n) is 1.48. The molecular formula is C13H25NO2. The van der Waals surface area contributed by atoms with E-state index in [-0.39, 0.29) is 28.9 Å². The van der Waals surface area contributed by atoms with E-state index in [1.54, 1.807) is 7.05 Å². The largest absolute Gasteiger partial charge is 0.311 e. The normalized spacial score (nSPS) is 13.9. The summed E-state index contributed by atoms with van der Waals surface area (Å²) in [7, 11) is 1.77. The van der Waals surface area contributed by atoms with Crippen molar-refractivity contribution in [3.05, 3.63) is 0 Å². The smallest absolute Gasteiger partial charge is 0.152 e. The molecule has 0 aliphatic rings. The van der Waals surface area contributed by atoms with Crippen LogP contribution in [0.4, 0.5) is 0 Å². The summed E-state index contributed by atoms with van der Waals surface area (Å²) in [5.74, 6) is 0.413. The van der Waals surface area contributed by atoms with Gasteiger partial charge in [-0.15, -0.1) is 0 Å². The van der Waals surface area contributed by atoms with E-state index in [1.807, 2.05) is 34.6 Å². The minimum atomic E-state index is -0.306. The molecule has 0 bridgehead atoms. The van der Waals surface area contributed by atoms with Crippen molar-refractivity contribution in [2.75, 3.05) is 7.05 Å². The van der Waals surface area contributed by atoms with E-state index in [9.17, 15) is 9.59 Å². The van der Waals surface area contributed by atoms with Gasteiger partial charge in [0, 0.05) is 17.8 Å². The van der Waals surface area contributed by atoms with Gasteiger partial charge in [0.05, 0.1) is 6.04 Å². The van der Waals surface area contributed by atoms with Crippen LogP contribution in [0.1, 0.15) is 47.5 Å². The maximum absolute atomic E-state index is 11.8. The Morgan fingerprint density at radius 2 is 1.69 bits per heavy atom. The van der Waals surface area contributed by atoms with E-state index in [2.05, 4.69) is 5.32 Å². The minimum absolute atomic E-state index is 0.0159. The third-order valence-corrected chi connectivity index (χ3v) is 2.76. The average Bonchev–Trinajstić information content (AvgIpc) is 2.16. The van der Waals surface area contributed by atoms with E-state index in [4.69, 9.17) is 0 Å². The van der Waals surface area contributed by atoms with E-state index in [0.29, 0.717) is 12.8 Å². The van der Waals surface area contributed by atoms with Gasteiger partial charge in [0.1, 0.15) is 5.78 Å². The Kier molecular flexibility index (Phi) is 5.87. The Morgan fingerprint density at radius 3 is 2.00 bits per heavy atom. The number of hydrogen-bond donors (Lipinski definition) is 1. The molecule has 0 aliphatic heterocycles. The summed E-state index contributed by atoms with van der Waals surface area (Å²) in [4.78, 5) is 23.5. The van der Waals surface area contributed by atoms with Crippen molar-refractivity contribution >= 4 is 11.6 Å². The van der Waals surface area contributed by atoms with Gasteiger partial charge in [0.2, 0.25) is 0 Å². The van der Waals surface area contributed by atoms with Gasteiger partial charge in [0.25, 0.3) is 0 Å². The second kappa shape index (κ2) is 6.14. The topological polar surface area (TPSA) is 46.2 Å². The summed E-state index contributed by atoms with van der Waals surface area (Å²) >= 11 is 0. The molecule has 0 radical (unpaired) electrons. The van der Waals surface area contributed by atoms with Gasteiger partial charge in [-0.25, -0.2) is 0 Å². The Labute approximate surface area is 99.0 Å². The number of Topliss-reactive ketones (excluding diaryl/α,β-unsaturated/α-hetero) is 2. The fourth-order valence-corrected chi connectivity index (χ4v) is 1.48. The average molecular weight is 227 g/mol. The van der Waals surface area contributed by atoms with Crippen molar-refractivity contribution in [2.45, 2.75) is 53.5 Å². The number of nitrogens with one attached hydrogen (secondary N) is 1. The van der Waals surface area contributed by atoms with Gasteiger partial charge < -0.3 is 5.32 Å². The highest BCUT2D eigenvalue weighted by Gasteiger charge is 2.24. The molecule has 1 N–H and O–H groups in total. The third kappa shape index (κ3) is 4.88. The zero-order valence-corrected chi connectivity index (χ0v) is 11.4. The van der Waals surface area contributed by atoms with Crippen LogP contribution in [-0.4, -0.2) is 24.7 Å². The van der Waals surface area contributed by atoms with Crippen molar-refractivity contribution < 1.29 is 9.59 Å². The first-order chi connectivity index (χ1) is 7.20. The highest BCUT2D eigenvalue weighted by Crippen LogP contribution is 2.18. The molecule has 0 fully saturated rings. The number of carbonyl (C=O) groups is 2. The molecule has 0 aromatic rings. The predicted octanol–water partition coefficient (Wildman–Crippen LogP) is 2.19. The summed E-state index contributed by atoms with van der Waals surface area (Å²) in [5.41, 5.74) is -0.306. The van der Waals surface area contributed by atoms with Crippen molar-refractivity contribution in [2.24, 2.45) is 11.3 Å². The lowest BCUT2D eigenvalue weighted by Gasteiger charge is -2.20. The molecule has 0 saturated heterocycles. The molecule has 0 heterocycles. The zero-order chi connectivity index (χ0) is 12.9. The molecule has 0 aromatic heterocycles. The predicted molar refractivity (Wildman–Crippen MR) is 66.4 cm³/mol. The Balaban J connectivity index is 4.27. The number of likely N-dealkylation sites (N-methyl/N-ethyl adjacent to an activating group) is 1. The van der Waals surface area contributed by atoms with E-state index in [1.165, 1.54) is 0 Å². The molecule has 0 saturated carbocycles. The number of ketones is 2. The Bertz CT molecular complexity index is 251. The fraction of sp³-hybridized carbons (Fsp3) is 0.846. The van der Waals surface area contributed by atoms with Gasteiger partial charge in [0.15, 0.2) is 5.78 Å². The van der Waals surface area contributed by atoms with Crippen LogP contribution in [0.15, 0.2) is 0 Å².